The van der Waals surface area contributed by atoms with Gasteiger partial charge in [-0.05, 0) is 41.9 Å². The van der Waals surface area contributed by atoms with Crippen LogP contribution in [0.15, 0.2) is 53.4 Å². The van der Waals surface area contributed by atoms with E-state index < -0.39 is 9.84 Å². The summed E-state index contributed by atoms with van der Waals surface area (Å²) in [5.74, 6) is 0. The predicted molar refractivity (Wildman–Crippen MR) is 86.5 cm³/mol. The zero-order valence-corrected chi connectivity index (χ0v) is 13.6. The van der Waals surface area contributed by atoms with Crippen molar-refractivity contribution in [2.45, 2.75) is 17.9 Å². The molecule has 5 heteroatoms. The van der Waals surface area contributed by atoms with Crippen molar-refractivity contribution in [1.29, 1.82) is 0 Å². The molecule has 0 saturated heterocycles. The van der Waals surface area contributed by atoms with Crippen LogP contribution in [0.2, 0.25) is 5.02 Å². The van der Waals surface area contributed by atoms with Crippen molar-refractivity contribution in [3.8, 4) is 0 Å². The first-order valence-corrected chi connectivity index (χ1v) is 8.97. The minimum absolute atomic E-state index is 0.0876. The summed E-state index contributed by atoms with van der Waals surface area (Å²) in [6, 6.07) is 14.5. The van der Waals surface area contributed by atoms with Crippen molar-refractivity contribution in [3.05, 3.63) is 64.7 Å². The number of nitrogens with one attached hydrogen (secondary N) is 1. The highest BCUT2D eigenvalue weighted by Gasteiger charge is 2.16. The molecule has 0 aliphatic carbocycles. The first-order chi connectivity index (χ1) is 9.91. The average Bonchev–Trinajstić information content (AvgIpc) is 2.44. The molecule has 0 radical (unpaired) electrons. The minimum atomic E-state index is -3.22. The summed E-state index contributed by atoms with van der Waals surface area (Å²) in [4.78, 5) is 0.324. The Bertz CT molecular complexity index is 729. The third-order valence-corrected chi connectivity index (χ3v) is 4.56. The highest BCUT2D eigenvalue weighted by Crippen LogP contribution is 2.26. The van der Waals surface area contributed by atoms with E-state index in [1.54, 1.807) is 18.2 Å². The van der Waals surface area contributed by atoms with Gasteiger partial charge in [-0.25, -0.2) is 8.42 Å². The molecule has 3 nitrogen and oxygen atoms in total. The largest absolute Gasteiger partial charge is 0.307 e. The Balaban J connectivity index is 2.48. The normalized spacial score (nSPS) is 13.1. The molecule has 0 fully saturated rings. The van der Waals surface area contributed by atoms with Crippen molar-refractivity contribution in [2.24, 2.45) is 0 Å². The van der Waals surface area contributed by atoms with Crippen molar-refractivity contribution in [3.63, 3.8) is 0 Å². The van der Waals surface area contributed by atoms with Gasteiger partial charge in [0.1, 0.15) is 0 Å². The molecule has 2 rings (SSSR count). The van der Waals surface area contributed by atoms with E-state index in [1.165, 1.54) is 6.26 Å². The highest BCUT2D eigenvalue weighted by molar-refractivity contribution is 7.90. The van der Waals surface area contributed by atoms with E-state index in [1.807, 2.05) is 37.3 Å². The Kier molecular flexibility index (Phi) is 5.04. The van der Waals surface area contributed by atoms with Crippen LogP contribution in [0.3, 0.4) is 0 Å². The summed E-state index contributed by atoms with van der Waals surface area (Å²) in [5.41, 5.74) is 1.91. The fourth-order valence-electron chi connectivity index (χ4n) is 2.24. The van der Waals surface area contributed by atoms with E-state index in [2.05, 4.69) is 5.32 Å². The Hall–Kier alpha value is -1.36. The van der Waals surface area contributed by atoms with Crippen LogP contribution < -0.4 is 5.32 Å². The lowest BCUT2D eigenvalue weighted by Gasteiger charge is -2.19. The lowest BCUT2D eigenvalue weighted by atomic mass is 9.99. The van der Waals surface area contributed by atoms with E-state index in [0.717, 1.165) is 17.7 Å². The molecule has 0 bridgehead atoms. The first kappa shape index (κ1) is 16.0. The highest BCUT2D eigenvalue weighted by atomic mass is 35.5. The van der Waals surface area contributed by atoms with Crippen LogP contribution in [-0.4, -0.2) is 21.2 Å². The lowest BCUT2D eigenvalue weighted by Crippen LogP contribution is -2.22. The van der Waals surface area contributed by atoms with Crippen LogP contribution in [0.1, 0.15) is 24.1 Å². The second kappa shape index (κ2) is 6.60. The van der Waals surface area contributed by atoms with E-state index in [0.29, 0.717) is 9.92 Å². The van der Waals surface area contributed by atoms with Crippen LogP contribution in [0.4, 0.5) is 0 Å². The Morgan fingerprint density at radius 3 is 2.29 bits per heavy atom. The van der Waals surface area contributed by atoms with Crippen molar-refractivity contribution in [2.75, 3.05) is 12.8 Å². The van der Waals surface area contributed by atoms with Gasteiger partial charge in [0.05, 0.1) is 10.9 Å². The molecule has 0 saturated carbocycles. The summed E-state index contributed by atoms with van der Waals surface area (Å²) in [6.45, 7) is 2.78. The van der Waals surface area contributed by atoms with E-state index in [9.17, 15) is 8.42 Å². The maximum absolute atomic E-state index is 11.7. The molecule has 0 amide bonds. The SMILES string of the molecule is CCNC(c1cccc(Cl)c1)c1cccc(S(C)(=O)=O)c1. The lowest BCUT2D eigenvalue weighted by molar-refractivity contribution is 0.600. The predicted octanol–water partition coefficient (Wildman–Crippen LogP) is 3.44. The van der Waals surface area contributed by atoms with Crippen LogP contribution >= 0.6 is 11.6 Å². The van der Waals surface area contributed by atoms with Crippen molar-refractivity contribution < 1.29 is 8.42 Å². The van der Waals surface area contributed by atoms with Crippen LogP contribution in [0.5, 0.6) is 0 Å². The second-order valence-corrected chi connectivity index (χ2v) is 7.34. The standard InChI is InChI=1S/C16H18ClNO2S/c1-3-18-16(12-6-4-8-14(17)10-12)13-7-5-9-15(11-13)21(2,19)20/h4-11,16,18H,3H2,1-2H3. The smallest absolute Gasteiger partial charge is 0.175 e. The van der Waals surface area contributed by atoms with Crippen LogP contribution in [0, 0.1) is 0 Å². The summed E-state index contributed by atoms with van der Waals surface area (Å²) < 4.78 is 23.4. The van der Waals surface area contributed by atoms with Gasteiger partial charge in [0.2, 0.25) is 0 Å². The van der Waals surface area contributed by atoms with Gasteiger partial charge in [0.25, 0.3) is 0 Å². The molecule has 0 aromatic heterocycles. The number of hydrogen-bond acceptors (Lipinski definition) is 3. The van der Waals surface area contributed by atoms with Crippen LogP contribution in [0.25, 0.3) is 0 Å². The van der Waals surface area contributed by atoms with Crippen molar-refractivity contribution in [1.82, 2.24) is 5.32 Å². The molecule has 0 aliphatic heterocycles. The molecule has 1 atom stereocenters. The number of halogens is 1. The van der Waals surface area contributed by atoms with E-state index >= 15 is 0 Å². The number of rotatable bonds is 5. The van der Waals surface area contributed by atoms with Crippen molar-refractivity contribution >= 4 is 21.4 Å². The van der Waals surface area contributed by atoms with Gasteiger partial charge in [-0.15, -0.1) is 0 Å². The van der Waals surface area contributed by atoms with Gasteiger partial charge in [-0.2, -0.15) is 0 Å². The summed E-state index contributed by atoms with van der Waals surface area (Å²) in [7, 11) is -3.22. The summed E-state index contributed by atoms with van der Waals surface area (Å²) >= 11 is 6.06. The van der Waals surface area contributed by atoms with Gasteiger partial charge in [0, 0.05) is 11.3 Å². The monoisotopic (exact) mass is 323 g/mol. The van der Waals surface area contributed by atoms with E-state index in [4.69, 9.17) is 11.6 Å². The molecule has 0 aliphatic rings. The molecule has 1 unspecified atom stereocenters. The fraction of sp³-hybridized carbons (Fsp3) is 0.250. The minimum Gasteiger partial charge on any atom is -0.307 e. The number of hydrogen-bond donors (Lipinski definition) is 1. The molecule has 112 valence electrons. The van der Waals surface area contributed by atoms with Gasteiger partial charge >= 0.3 is 0 Å². The number of benzene rings is 2. The average molecular weight is 324 g/mol. The second-order valence-electron chi connectivity index (χ2n) is 4.89. The molecule has 0 heterocycles. The maximum Gasteiger partial charge on any atom is 0.175 e. The fourth-order valence-corrected chi connectivity index (χ4v) is 3.12. The quantitative estimate of drug-likeness (QED) is 0.916. The third kappa shape index (κ3) is 4.06. The summed E-state index contributed by atoms with van der Waals surface area (Å²) in [6.07, 6.45) is 1.22. The Labute approximate surface area is 130 Å². The van der Waals surface area contributed by atoms with Gasteiger partial charge in [-0.3, -0.25) is 0 Å². The van der Waals surface area contributed by atoms with Crippen LogP contribution in [-0.2, 0) is 9.84 Å². The first-order valence-electron chi connectivity index (χ1n) is 6.70. The maximum atomic E-state index is 11.7. The number of sulfone groups is 1. The topological polar surface area (TPSA) is 46.2 Å². The van der Waals surface area contributed by atoms with Gasteiger partial charge in [0.15, 0.2) is 9.84 Å². The Morgan fingerprint density at radius 2 is 1.71 bits per heavy atom. The Morgan fingerprint density at radius 1 is 1.10 bits per heavy atom. The van der Waals surface area contributed by atoms with Gasteiger partial charge < -0.3 is 5.32 Å². The molecular weight excluding hydrogens is 306 g/mol. The molecule has 21 heavy (non-hydrogen) atoms. The third-order valence-electron chi connectivity index (χ3n) is 3.21. The molecule has 0 spiro atoms. The zero-order chi connectivity index (χ0) is 15.5. The van der Waals surface area contributed by atoms with Gasteiger partial charge in [-0.1, -0.05) is 42.8 Å². The summed E-state index contributed by atoms with van der Waals surface area (Å²) in [5, 5.41) is 4.03. The molecule has 2 aromatic carbocycles. The van der Waals surface area contributed by atoms with E-state index in [-0.39, 0.29) is 6.04 Å². The zero-order valence-electron chi connectivity index (χ0n) is 12.0. The molecule has 2 aromatic rings. The molecule has 1 N–H and O–H groups in total. The molecular formula is C16H18ClNO2S.